The van der Waals surface area contributed by atoms with Crippen LogP contribution in [0.5, 0.6) is 0 Å². The van der Waals surface area contributed by atoms with E-state index in [-0.39, 0.29) is 39.0 Å². The Bertz CT molecular complexity index is 1010. The van der Waals surface area contributed by atoms with Gasteiger partial charge in [0, 0.05) is 11.3 Å². The lowest BCUT2D eigenvalue weighted by Crippen LogP contribution is -2.58. The smallest absolute Gasteiger partial charge is 0.192 e. The van der Waals surface area contributed by atoms with Gasteiger partial charge in [0.2, 0.25) is 0 Å². The summed E-state index contributed by atoms with van der Waals surface area (Å²) in [5.74, 6) is 1.78. The zero-order valence-corrected chi connectivity index (χ0v) is 29.7. The highest BCUT2D eigenvalue weighted by atomic mass is 28.4. The van der Waals surface area contributed by atoms with Gasteiger partial charge < -0.3 is 13.6 Å². The highest BCUT2D eigenvalue weighted by Gasteiger charge is 2.60. The zero-order chi connectivity index (χ0) is 29.4. The van der Waals surface area contributed by atoms with Crippen molar-refractivity contribution in [3.05, 3.63) is 23.3 Å². The van der Waals surface area contributed by atoms with E-state index < -0.39 is 16.6 Å². The number of fused-ring (bicyclic) bond motifs is 5. The van der Waals surface area contributed by atoms with Crippen LogP contribution in [0.15, 0.2) is 23.3 Å². The van der Waals surface area contributed by atoms with Crippen LogP contribution in [0.25, 0.3) is 0 Å². The lowest BCUT2D eigenvalue weighted by atomic mass is 9.49. The van der Waals surface area contributed by atoms with Crippen LogP contribution in [-0.4, -0.2) is 35.1 Å². The number of carbonyl (C=O) groups is 1. The monoisotopic (exact) mass is 572 g/mol. The molecule has 3 nitrogen and oxygen atoms in total. The maximum atomic E-state index is 11.8. The van der Waals surface area contributed by atoms with Gasteiger partial charge in [-0.1, -0.05) is 85.6 Å². The summed E-state index contributed by atoms with van der Waals surface area (Å²) in [7, 11) is -3.90. The van der Waals surface area contributed by atoms with E-state index in [0.29, 0.717) is 17.8 Å². The van der Waals surface area contributed by atoms with Gasteiger partial charge in [-0.15, -0.1) is 0 Å². The van der Waals surface area contributed by atoms with Crippen LogP contribution in [0, 0.1) is 34.5 Å². The van der Waals surface area contributed by atoms with E-state index in [9.17, 15) is 4.79 Å². The summed E-state index contributed by atoms with van der Waals surface area (Å²) in [5, 5.41) is 0.367. The Morgan fingerprint density at radius 2 is 1.49 bits per heavy atom. The average Bonchev–Trinajstić information content (AvgIpc) is 3.14. The molecule has 0 amide bonds. The number of carbonyl (C=O) groups excluding carboxylic acids is 1. The van der Waals surface area contributed by atoms with E-state index >= 15 is 0 Å². The molecule has 1 unspecified atom stereocenters. The minimum atomic E-state index is -2.00. The van der Waals surface area contributed by atoms with Crippen LogP contribution in [-0.2, 0) is 13.6 Å². The molecule has 222 valence electrons. The van der Waals surface area contributed by atoms with E-state index in [2.05, 4.69) is 101 Å². The minimum Gasteiger partial charge on any atom is -0.414 e. The molecule has 0 saturated heterocycles. The Balaban J connectivity index is 1.74. The molecule has 0 radical (unpaired) electrons. The molecule has 0 aliphatic heterocycles. The largest absolute Gasteiger partial charge is 0.414 e. The number of hydrogen-bond acceptors (Lipinski definition) is 3. The van der Waals surface area contributed by atoms with E-state index in [1.54, 1.807) is 11.1 Å². The fourth-order valence-corrected chi connectivity index (χ4v) is 11.2. The molecule has 0 aromatic carbocycles. The highest BCUT2D eigenvalue weighted by Crippen LogP contribution is 2.66. The van der Waals surface area contributed by atoms with E-state index in [1.807, 2.05) is 0 Å². The Labute approximate surface area is 243 Å². The normalized spacial score (nSPS) is 38.2. The second-order valence-electron chi connectivity index (χ2n) is 17.3. The Morgan fingerprint density at radius 3 is 2.05 bits per heavy atom. The molecule has 0 aromatic rings. The minimum absolute atomic E-state index is 0.0165. The third-order valence-electron chi connectivity index (χ3n) is 13.0. The fraction of sp³-hybridized carbons (Fsp3) is 0.853. The molecule has 5 heteroatoms. The van der Waals surface area contributed by atoms with Gasteiger partial charge >= 0.3 is 0 Å². The van der Waals surface area contributed by atoms with Gasteiger partial charge in [-0.25, -0.2) is 0 Å². The van der Waals surface area contributed by atoms with Gasteiger partial charge in [0.05, 0.1) is 12.2 Å². The zero-order valence-electron chi connectivity index (χ0n) is 27.7. The number of aldehydes is 1. The average molecular weight is 573 g/mol. The van der Waals surface area contributed by atoms with Gasteiger partial charge in [0.1, 0.15) is 6.29 Å². The van der Waals surface area contributed by atoms with Gasteiger partial charge in [-0.05, 0) is 98.0 Å². The third-order valence-corrected chi connectivity index (χ3v) is 22.1. The second kappa shape index (κ2) is 10.1. The first-order valence-corrected chi connectivity index (χ1v) is 21.7. The molecule has 0 N–H and O–H groups in total. The van der Waals surface area contributed by atoms with Crippen LogP contribution in [0.3, 0.4) is 0 Å². The summed E-state index contributed by atoms with van der Waals surface area (Å²) in [6.07, 6.45) is 13.5. The van der Waals surface area contributed by atoms with E-state index in [4.69, 9.17) is 8.85 Å². The number of allylic oxidation sites excluding steroid dienone is 3. The molecule has 0 heterocycles. The molecule has 39 heavy (non-hydrogen) atoms. The molecular formula is C34H60O3Si2. The second-order valence-corrected chi connectivity index (χ2v) is 26.8. The lowest BCUT2D eigenvalue weighted by Gasteiger charge is -2.59. The van der Waals surface area contributed by atoms with Crippen molar-refractivity contribution in [2.75, 3.05) is 0 Å². The van der Waals surface area contributed by atoms with Crippen LogP contribution < -0.4 is 0 Å². The van der Waals surface area contributed by atoms with Crippen molar-refractivity contribution in [2.24, 2.45) is 34.5 Å². The van der Waals surface area contributed by atoms with Crippen molar-refractivity contribution in [3.8, 4) is 0 Å². The van der Waals surface area contributed by atoms with Crippen molar-refractivity contribution in [1.82, 2.24) is 0 Å². The highest BCUT2D eigenvalue weighted by molar-refractivity contribution is 6.74. The van der Waals surface area contributed by atoms with Gasteiger partial charge in [0.15, 0.2) is 16.6 Å². The maximum Gasteiger partial charge on any atom is 0.192 e. The molecule has 8 atom stereocenters. The van der Waals surface area contributed by atoms with Gasteiger partial charge in [-0.3, -0.25) is 0 Å². The first kappa shape index (κ1) is 31.4. The molecule has 4 aliphatic carbocycles. The molecule has 0 aromatic heterocycles. The Morgan fingerprint density at radius 1 is 0.897 bits per heavy atom. The van der Waals surface area contributed by atoms with E-state index in [0.717, 1.165) is 12.8 Å². The molecule has 4 rings (SSSR count). The summed E-state index contributed by atoms with van der Waals surface area (Å²) in [6, 6.07) is 0. The molecule has 4 aliphatic rings. The summed E-state index contributed by atoms with van der Waals surface area (Å²) in [4.78, 5) is 11.8. The quantitative estimate of drug-likeness (QED) is 0.235. The van der Waals surface area contributed by atoms with E-state index in [1.165, 1.54) is 32.0 Å². The first-order valence-electron chi connectivity index (χ1n) is 15.9. The van der Waals surface area contributed by atoms with Gasteiger partial charge in [-0.2, -0.15) is 0 Å². The SMILES string of the molecule is CC(C=O)[C@H]1CC[C@H]2C3=CC=C4C[C@@H](O[Si](C)(C)C(C)(C)C)C[C@H](O[Si](C)(C)C(C)(C)C)[C@]4(C)[C@H]3CC[C@]12C. The first-order chi connectivity index (χ1) is 17.7. The standard InChI is InChI=1S/C34H60O3Si2/c1-23(22-35)27-16-17-28-26-15-14-24-20-25(36-38(10,11)31(2,3)4)21-30(37-39(12,13)32(5,6)7)34(24,9)29(26)18-19-33(27,28)8/h14-15,22-23,25,27-30H,16-21H2,1-13H3/t23?,25-,27-,28+,29+,30+,33-,34+/m1/s1. The third kappa shape index (κ3) is 5.18. The predicted octanol–water partition coefficient (Wildman–Crippen LogP) is 9.71. The van der Waals surface area contributed by atoms with Crippen molar-refractivity contribution in [1.29, 1.82) is 0 Å². The van der Waals surface area contributed by atoms with Crippen LogP contribution in [0.1, 0.15) is 101 Å². The van der Waals surface area contributed by atoms with Crippen molar-refractivity contribution in [3.63, 3.8) is 0 Å². The summed E-state index contributed by atoms with van der Waals surface area (Å²) < 4.78 is 14.6. The molecule has 0 spiro atoms. The molecule has 0 bridgehead atoms. The number of hydrogen-bond donors (Lipinski definition) is 0. The Kier molecular flexibility index (Phi) is 8.10. The summed E-state index contributed by atoms with van der Waals surface area (Å²) >= 11 is 0. The topological polar surface area (TPSA) is 35.5 Å². The molecular weight excluding hydrogens is 513 g/mol. The van der Waals surface area contributed by atoms with Crippen molar-refractivity contribution >= 4 is 22.9 Å². The fourth-order valence-electron chi connectivity index (χ4n) is 8.39. The summed E-state index contributed by atoms with van der Waals surface area (Å²) in [6.45, 7) is 31.0. The van der Waals surface area contributed by atoms with Gasteiger partial charge in [0.25, 0.3) is 0 Å². The molecule has 3 saturated carbocycles. The van der Waals surface area contributed by atoms with Crippen LogP contribution >= 0.6 is 0 Å². The molecule has 3 fully saturated rings. The van der Waals surface area contributed by atoms with Crippen LogP contribution in [0.4, 0.5) is 0 Å². The lowest BCUT2D eigenvalue weighted by molar-refractivity contribution is -0.113. The van der Waals surface area contributed by atoms with Crippen LogP contribution in [0.2, 0.25) is 36.3 Å². The maximum absolute atomic E-state index is 11.8. The number of rotatable bonds is 6. The van der Waals surface area contributed by atoms with Crippen molar-refractivity contribution < 1.29 is 13.6 Å². The Hall–Kier alpha value is -0.496. The van der Waals surface area contributed by atoms with Crippen molar-refractivity contribution in [2.45, 2.75) is 149 Å². The summed E-state index contributed by atoms with van der Waals surface area (Å²) in [5.41, 5.74) is 3.49. The predicted molar refractivity (Wildman–Crippen MR) is 170 cm³/mol.